The van der Waals surface area contributed by atoms with Gasteiger partial charge in [0.15, 0.2) is 0 Å². The summed E-state index contributed by atoms with van der Waals surface area (Å²) in [6.45, 7) is 5.36. The monoisotopic (exact) mass is 282 g/mol. The number of hydrogen-bond acceptors (Lipinski definition) is 3. The van der Waals surface area contributed by atoms with Crippen molar-refractivity contribution in [3.8, 4) is 0 Å². The molecule has 5 heteroatoms. The van der Waals surface area contributed by atoms with Crippen LogP contribution in [0.5, 0.6) is 0 Å². The van der Waals surface area contributed by atoms with Crippen LogP contribution in [0.15, 0.2) is 18.2 Å². The van der Waals surface area contributed by atoms with Gasteiger partial charge in [0.2, 0.25) is 5.91 Å². The van der Waals surface area contributed by atoms with Crippen molar-refractivity contribution in [2.75, 3.05) is 44.8 Å². The van der Waals surface area contributed by atoms with Crippen LogP contribution in [0, 0.1) is 6.92 Å². The second-order valence-electron chi connectivity index (χ2n) is 4.73. The number of aryl methyl sites for hydroxylation is 1. The number of benzene rings is 1. The number of carbonyl (C=O) groups excluding carboxylic acids is 1. The Morgan fingerprint density at radius 2 is 2.00 bits per heavy atom. The largest absolute Gasteiger partial charge is 0.375 e. The predicted molar refractivity (Wildman–Crippen MR) is 76.9 cm³/mol. The number of ether oxygens (including phenoxy) is 1. The Balaban J connectivity index is 2.00. The second kappa shape index (κ2) is 6.26. The first-order valence-corrected chi connectivity index (χ1v) is 6.77. The molecule has 4 nitrogen and oxygen atoms in total. The van der Waals surface area contributed by atoms with E-state index in [9.17, 15) is 4.79 Å². The summed E-state index contributed by atoms with van der Waals surface area (Å²) in [6.07, 6.45) is 0. The summed E-state index contributed by atoms with van der Waals surface area (Å²) in [5.41, 5.74) is 2.37. The standard InChI is InChI=1S/C14H19ClN2O2/c1-11-3-4-12(15)9-13(11)16-5-7-17(8-6-16)14(18)10-19-2/h3-4,9H,5-8,10H2,1-2H3. The molecule has 0 unspecified atom stereocenters. The van der Waals surface area contributed by atoms with E-state index >= 15 is 0 Å². The molecule has 1 aromatic rings. The molecule has 0 atom stereocenters. The van der Waals surface area contributed by atoms with E-state index in [1.54, 1.807) is 7.11 Å². The maximum absolute atomic E-state index is 11.7. The van der Waals surface area contributed by atoms with Crippen LogP contribution < -0.4 is 4.90 Å². The minimum atomic E-state index is 0.0602. The predicted octanol–water partition coefficient (Wildman–Crippen LogP) is 1.94. The molecule has 0 bridgehead atoms. The molecule has 1 saturated heterocycles. The third-order valence-electron chi connectivity index (χ3n) is 3.41. The number of carbonyl (C=O) groups is 1. The van der Waals surface area contributed by atoms with Crippen molar-refractivity contribution in [2.45, 2.75) is 6.92 Å². The summed E-state index contributed by atoms with van der Waals surface area (Å²) in [5.74, 6) is 0.0602. The van der Waals surface area contributed by atoms with Gasteiger partial charge in [0, 0.05) is 44.0 Å². The lowest BCUT2D eigenvalue weighted by atomic mass is 10.1. The molecule has 104 valence electrons. The molecule has 0 spiro atoms. The summed E-state index contributed by atoms with van der Waals surface area (Å²) >= 11 is 6.05. The van der Waals surface area contributed by atoms with E-state index in [0.717, 1.165) is 36.9 Å². The number of methoxy groups -OCH3 is 1. The zero-order valence-corrected chi connectivity index (χ0v) is 12.1. The van der Waals surface area contributed by atoms with Gasteiger partial charge in [-0.15, -0.1) is 0 Å². The average Bonchev–Trinajstić information content (AvgIpc) is 2.42. The Morgan fingerprint density at radius 3 is 2.63 bits per heavy atom. The van der Waals surface area contributed by atoms with Gasteiger partial charge < -0.3 is 14.5 Å². The highest BCUT2D eigenvalue weighted by Crippen LogP contribution is 2.25. The van der Waals surface area contributed by atoms with Gasteiger partial charge in [0.05, 0.1) is 0 Å². The number of rotatable bonds is 3. The minimum Gasteiger partial charge on any atom is -0.375 e. The SMILES string of the molecule is COCC(=O)N1CCN(c2cc(Cl)ccc2C)CC1. The third kappa shape index (κ3) is 3.39. The van der Waals surface area contributed by atoms with Crippen LogP contribution >= 0.6 is 11.6 Å². The number of hydrogen-bond donors (Lipinski definition) is 0. The van der Waals surface area contributed by atoms with Crippen molar-refractivity contribution >= 4 is 23.2 Å². The number of halogens is 1. The molecule has 0 aliphatic carbocycles. The van der Waals surface area contributed by atoms with Crippen LogP contribution in [0.1, 0.15) is 5.56 Å². The summed E-state index contributed by atoms with van der Waals surface area (Å²) < 4.78 is 4.88. The summed E-state index contributed by atoms with van der Waals surface area (Å²) in [6, 6.07) is 5.92. The molecule has 19 heavy (non-hydrogen) atoms. The molecule has 1 fully saturated rings. The molecule has 1 aliphatic rings. The highest BCUT2D eigenvalue weighted by atomic mass is 35.5. The maximum Gasteiger partial charge on any atom is 0.248 e. The van der Waals surface area contributed by atoms with Crippen LogP contribution in [-0.4, -0.2) is 50.7 Å². The summed E-state index contributed by atoms with van der Waals surface area (Å²) in [7, 11) is 1.55. The highest BCUT2D eigenvalue weighted by molar-refractivity contribution is 6.30. The van der Waals surface area contributed by atoms with Crippen LogP contribution in [-0.2, 0) is 9.53 Å². The Labute approximate surface area is 118 Å². The van der Waals surface area contributed by atoms with Gasteiger partial charge in [0.25, 0.3) is 0 Å². The van der Waals surface area contributed by atoms with Crippen molar-refractivity contribution in [3.05, 3.63) is 28.8 Å². The average molecular weight is 283 g/mol. The molecule has 0 N–H and O–H groups in total. The first kappa shape index (κ1) is 14.2. The zero-order chi connectivity index (χ0) is 13.8. The van der Waals surface area contributed by atoms with E-state index in [4.69, 9.17) is 16.3 Å². The normalized spacial score (nSPS) is 15.7. The Bertz CT molecular complexity index is 457. The fourth-order valence-corrected chi connectivity index (χ4v) is 2.50. The number of nitrogens with zero attached hydrogens (tertiary/aromatic N) is 2. The molecular formula is C14H19ClN2O2. The molecule has 1 aromatic carbocycles. The summed E-state index contributed by atoms with van der Waals surface area (Å²) in [5, 5.41) is 0.749. The fourth-order valence-electron chi connectivity index (χ4n) is 2.33. The Hall–Kier alpha value is -1.26. The lowest BCUT2D eigenvalue weighted by Crippen LogP contribution is -2.49. The quantitative estimate of drug-likeness (QED) is 0.849. The van der Waals surface area contributed by atoms with Gasteiger partial charge in [-0.1, -0.05) is 17.7 Å². The van der Waals surface area contributed by atoms with Gasteiger partial charge >= 0.3 is 0 Å². The van der Waals surface area contributed by atoms with Crippen LogP contribution in [0.2, 0.25) is 5.02 Å². The van der Waals surface area contributed by atoms with E-state index in [-0.39, 0.29) is 12.5 Å². The third-order valence-corrected chi connectivity index (χ3v) is 3.65. The maximum atomic E-state index is 11.7. The molecule has 1 heterocycles. The lowest BCUT2D eigenvalue weighted by molar-refractivity contribution is -0.135. The van der Waals surface area contributed by atoms with E-state index in [0.29, 0.717) is 0 Å². The van der Waals surface area contributed by atoms with E-state index < -0.39 is 0 Å². The number of anilines is 1. The Kier molecular flexibility index (Phi) is 4.66. The van der Waals surface area contributed by atoms with Gasteiger partial charge in [-0.25, -0.2) is 0 Å². The summed E-state index contributed by atoms with van der Waals surface area (Å²) in [4.78, 5) is 15.8. The van der Waals surface area contributed by atoms with Crippen molar-refractivity contribution in [1.29, 1.82) is 0 Å². The van der Waals surface area contributed by atoms with Crippen LogP contribution in [0.25, 0.3) is 0 Å². The first-order chi connectivity index (χ1) is 9.11. The molecular weight excluding hydrogens is 264 g/mol. The van der Waals surface area contributed by atoms with Gasteiger partial charge in [-0.2, -0.15) is 0 Å². The lowest BCUT2D eigenvalue weighted by Gasteiger charge is -2.36. The van der Waals surface area contributed by atoms with Gasteiger partial charge in [-0.3, -0.25) is 4.79 Å². The minimum absolute atomic E-state index is 0.0602. The first-order valence-electron chi connectivity index (χ1n) is 6.39. The van der Waals surface area contributed by atoms with Crippen molar-refractivity contribution in [2.24, 2.45) is 0 Å². The van der Waals surface area contributed by atoms with Crippen molar-refractivity contribution in [3.63, 3.8) is 0 Å². The molecule has 2 rings (SSSR count). The molecule has 1 amide bonds. The second-order valence-corrected chi connectivity index (χ2v) is 5.17. The topological polar surface area (TPSA) is 32.8 Å². The highest BCUT2D eigenvalue weighted by Gasteiger charge is 2.21. The number of piperazine rings is 1. The molecule has 0 aromatic heterocycles. The van der Waals surface area contributed by atoms with Crippen LogP contribution in [0.4, 0.5) is 5.69 Å². The smallest absolute Gasteiger partial charge is 0.248 e. The zero-order valence-electron chi connectivity index (χ0n) is 11.4. The van der Waals surface area contributed by atoms with E-state index in [2.05, 4.69) is 11.8 Å². The Morgan fingerprint density at radius 1 is 1.32 bits per heavy atom. The number of amides is 1. The van der Waals surface area contributed by atoms with E-state index in [1.165, 1.54) is 5.56 Å². The van der Waals surface area contributed by atoms with Crippen molar-refractivity contribution in [1.82, 2.24) is 4.90 Å². The molecule has 0 radical (unpaired) electrons. The van der Waals surface area contributed by atoms with E-state index in [1.807, 2.05) is 23.1 Å². The molecule has 0 saturated carbocycles. The van der Waals surface area contributed by atoms with Gasteiger partial charge in [0.1, 0.15) is 6.61 Å². The van der Waals surface area contributed by atoms with Gasteiger partial charge in [-0.05, 0) is 24.6 Å². The van der Waals surface area contributed by atoms with Crippen LogP contribution in [0.3, 0.4) is 0 Å². The van der Waals surface area contributed by atoms with Crippen molar-refractivity contribution < 1.29 is 9.53 Å². The molecule has 1 aliphatic heterocycles. The fraction of sp³-hybridized carbons (Fsp3) is 0.500.